The van der Waals surface area contributed by atoms with E-state index in [1.54, 1.807) is 24.4 Å². The minimum atomic E-state index is -3.96. The molecule has 0 radical (unpaired) electrons. The van der Waals surface area contributed by atoms with Crippen molar-refractivity contribution in [3.05, 3.63) is 36.5 Å². The fraction of sp³-hybridized carbons (Fsp3) is 0.634. The molecule has 3 aliphatic heterocycles. The maximum absolute atomic E-state index is 15.0. The maximum atomic E-state index is 15.0. The number of ether oxygens (including phenoxy) is 4. The molecular formula is C41H53F2N5O10S. The number of pyridine rings is 1. The Morgan fingerprint density at radius 3 is 2.53 bits per heavy atom. The molecule has 2 aromatic rings. The van der Waals surface area contributed by atoms with E-state index in [-0.39, 0.29) is 31.2 Å². The summed E-state index contributed by atoms with van der Waals surface area (Å²) in [5, 5.41) is 6.03. The van der Waals surface area contributed by atoms with Gasteiger partial charge >= 0.3 is 6.09 Å². The first kappa shape index (κ1) is 42.4. The number of rotatable bonds is 9. The number of carbonyl (C=O) groups excluding carboxylic acids is 4. The van der Waals surface area contributed by atoms with Crippen molar-refractivity contribution in [3.8, 4) is 17.4 Å². The normalized spacial score (nSPS) is 29.5. The van der Waals surface area contributed by atoms with Gasteiger partial charge in [0.1, 0.15) is 36.9 Å². The van der Waals surface area contributed by atoms with Gasteiger partial charge in [0, 0.05) is 36.2 Å². The number of hydrogen-bond acceptors (Lipinski definition) is 11. The number of aromatic nitrogens is 1. The smallest absolute Gasteiger partial charge is 0.408 e. The fourth-order valence-corrected chi connectivity index (χ4v) is 9.55. The van der Waals surface area contributed by atoms with Crippen LogP contribution in [0.3, 0.4) is 0 Å². The third kappa shape index (κ3) is 8.78. The summed E-state index contributed by atoms with van der Waals surface area (Å²) in [6.45, 7) is 7.23. The summed E-state index contributed by atoms with van der Waals surface area (Å²) >= 11 is 0. The van der Waals surface area contributed by atoms with E-state index in [9.17, 15) is 36.4 Å². The molecule has 18 heteroatoms. The number of halogens is 2. The molecule has 322 valence electrons. The summed E-state index contributed by atoms with van der Waals surface area (Å²) < 4.78 is 80.3. The van der Waals surface area contributed by atoms with E-state index in [0.29, 0.717) is 80.9 Å². The third-order valence-electron chi connectivity index (χ3n) is 12.3. The SMILES string of the molecule is CC[C@@H]1C[C@H](C)CC/C=C\C2C[C@@]2(C(=O)NS(=O)(=O)C2CC2)NC(=O)[C@@H]2C[C@@H](Oc3nccc4c5c(ccc34)OCCO5)CN2C(=O)[C@H]1NC(=O)OC(C)(C)C(C)(F)F. The molecule has 7 atom stereocenters. The number of amides is 4. The van der Waals surface area contributed by atoms with Crippen LogP contribution < -0.4 is 29.6 Å². The number of carbonyl (C=O) groups is 4. The molecule has 0 bridgehead atoms. The molecule has 1 aromatic carbocycles. The molecule has 7 rings (SSSR count). The second-order valence-corrected chi connectivity index (χ2v) is 19.1. The van der Waals surface area contributed by atoms with E-state index in [1.807, 2.05) is 26.0 Å². The summed E-state index contributed by atoms with van der Waals surface area (Å²) in [6, 6.07) is 2.71. The van der Waals surface area contributed by atoms with Crippen molar-refractivity contribution < 1.29 is 55.3 Å². The zero-order valence-corrected chi connectivity index (χ0v) is 34.7. The van der Waals surface area contributed by atoms with Crippen LogP contribution in [0.1, 0.15) is 86.0 Å². The van der Waals surface area contributed by atoms with Crippen LogP contribution >= 0.6 is 0 Å². The van der Waals surface area contributed by atoms with Crippen molar-refractivity contribution in [2.24, 2.45) is 17.8 Å². The van der Waals surface area contributed by atoms with Crippen LogP contribution in [0.2, 0.25) is 0 Å². The molecular weight excluding hydrogens is 793 g/mol. The molecule has 1 unspecified atom stereocenters. The summed E-state index contributed by atoms with van der Waals surface area (Å²) in [6.07, 6.45) is 6.26. The maximum Gasteiger partial charge on any atom is 0.408 e. The number of nitrogens with zero attached hydrogens (tertiary/aromatic N) is 2. The lowest BCUT2D eigenvalue weighted by Gasteiger charge is -2.35. The number of nitrogens with one attached hydrogen (secondary N) is 3. The number of hydrogen-bond donors (Lipinski definition) is 3. The van der Waals surface area contributed by atoms with Gasteiger partial charge in [0.05, 0.1) is 11.8 Å². The standard InChI is InChI=1S/C41H53F2N5O10S/c1-6-24-19-23(2)9-7-8-10-25-21-41(25,37(51)47-59(53,54)27-11-12-27)46-34(49)30-20-26(22-48(30)36(50)32(24)45-38(52)58-39(3,4)40(5,42)43)57-35-29-13-14-31-33(56-18-17-55-31)28(29)15-16-44-35/h8,10,13-16,23-27,30,32H,6-7,9,11-12,17-22H2,1-5H3,(H,45,52)(H,46,49)(H,47,51)/b10-8-/t23-,24-,25?,26-,30+,32+,41-/m1/s1. The van der Waals surface area contributed by atoms with Crippen LogP contribution in [-0.2, 0) is 29.1 Å². The Morgan fingerprint density at radius 2 is 1.81 bits per heavy atom. The molecule has 4 amide bonds. The van der Waals surface area contributed by atoms with Crippen LogP contribution in [-0.4, -0.2) is 102 Å². The second kappa shape index (κ2) is 16.0. The van der Waals surface area contributed by atoms with Gasteiger partial charge in [-0.1, -0.05) is 32.4 Å². The number of benzene rings is 1. The Morgan fingerprint density at radius 1 is 1.07 bits per heavy atom. The minimum absolute atomic E-state index is 0.0259. The van der Waals surface area contributed by atoms with Crippen LogP contribution in [0, 0.1) is 17.8 Å². The third-order valence-corrected chi connectivity index (χ3v) is 14.2. The molecule has 2 saturated carbocycles. The van der Waals surface area contributed by atoms with Crippen LogP contribution in [0.4, 0.5) is 13.6 Å². The minimum Gasteiger partial charge on any atom is -0.486 e. The van der Waals surface area contributed by atoms with Crippen molar-refractivity contribution in [1.29, 1.82) is 0 Å². The molecule has 0 spiro atoms. The van der Waals surface area contributed by atoms with Gasteiger partial charge in [-0.3, -0.25) is 19.1 Å². The summed E-state index contributed by atoms with van der Waals surface area (Å²) in [4.78, 5) is 62.6. The van der Waals surface area contributed by atoms with Crippen LogP contribution in [0.5, 0.6) is 17.4 Å². The largest absolute Gasteiger partial charge is 0.486 e. The highest BCUT2D eigenvalue weighted by molar-refractivity contribution is 7.91. The van der Waals surface area contributed by atoms with Gasteiger partial charge < -0.3 is 34.5 Å². The number of sulfonamides is 1. The second-order valence-electron chi connectivity index (χ2n) is 17.2. The van der Waals surface area contributed by atoms with Gasteiger partial charge in [-0.25, -0.2) is 27.0 Å². The van der Waals surface area contributed by atoms with E-state index in [0.717, 1.165) is 13.8 Å². The van der Waals surface area contributed by atoms with Gasteiger partial charge in [0.25, 0.3) is 11.8 Å². The predicted molar refractivity (Wildman–Crippen MR) is 210 cm³/mol. The monoisotopic (exact) mass is 845 g/mol. The molecule has 4 heterocycles. The van der Waals surface area contributed by atoms with Crippen molar-refractivity contribution in [2.75, 3.05) is 19.8 Å². The zero-order chi connectivity index (χ0) is 42.5. The molecule has 59 heavy (non-hydrogen) atoms. The van der Waals surface area contributed by atoms with Gasteiger partial charge in [-0.15, -0.1) is 0 Å². The van der Waals surface area contributed by atoms with E-state index in [4.69, 9.17) is 18.9 Å². The van der Waals surface area contributed by atoms with Crippen LogP contribution in [0.15, 0.2) is 36.5 Å². The van der Waals surface area contributed by atoms with Crippen molar-refractivity contribution in [2.45, 2.75) is 126 Å². The number of alkyl halides is 2. The Bertz CT molecular complexity index is 2130. The molecule has 3 fully saturated rings. The molecule has 5 aliphatic rings. The Kier molecular flexibility index (Phi) is 11.5. The number of fused-ring (bicyclic) bond motifs is 5. The van der Waals surface area contributed by atoms with Gasteiger partial charge in [-0.05, 0) is 82.4 Å². The summed E-state index contributed by atoms with van der Waals surface area (Å²) in [7, 11) is -3.96. The number of allylic oxidation sites excluding steroid dienone is 1. The lowest BCUT2D eigenvalue weighted by molar-refractivity contribution is -0.152. The van der Waals surface area contributed by atoms with E-state index in [1.165, 1.54) is 4.90 Å². The molecule has 1 aromatic heterocycles. The lowest BCUT2D eigenvalue weighted by atomic mass is 9.85. The average Bonchev–Trinajstić information content (AvgIpc) is 4.10. The first-order valence-corrected chi connectivity index (χ1v) is 21.9. The van der Waals surface area contributed by atoms with Crippen molar-refractivity contribution in [3.63, 3.8) is 0 Å². The molecule has 15 nitrogen and oxygen atoms in total. The molecule has 2 aliphatic carbocycles. The fourth-order valence-electron chi connectivity index (χ4n) is 8.18. The van der Waals surface area contributed by atoms with Gasteiger partial charge in [0.2, 0.25) is 27.7 Å². The quantitative estimate of drug-likeness (QED) is 0.295. The summed E-state index contributed by atoms with van der Waals surface area (Å²) in [5.74, 6) is -5.36. The topological polar surface area (TPSA) is 192 Å². The first-order valence-electron chi connectivity index (χ1n) is 20.4. The Hall–Kier alpha value is -4.74. The van der Waals surface area contributed by atoms with Gasteiger partial charge in [0.15, 0.2) is 17.1 Å². The van der Waals surface area contributed by atoms with E-state index < -0.39 is 86.2 Å². The van der Waals surface area contributed by atoms with E-state index >= 15 is 0 Å². The highest BCUT2D eigenvalue weighted by atomic mass is 32.2. The van der Waals surface area contributed by atoms with Crippen molar-refractivity contribution >= 4 is 44.6 Å². The Labute approximate surface area is 342 Å². The first-order chi connectivity index (χ1) is 27.8. The zero-order valence-electron chi connectivity index (χ0n) is 33.9. The van der Waals surface area contributed by atoms with Crippen molar-refractivity contribution in [1.82, 2.24) is 25.2 Å². The lowest BCUT2D eigenvalue weighted by Crippen LogP contribution is -2.59. The average molecular weight is 846 g/mol. The number of alkyl carbamates (subject to hydrolysis) is 1. The van der Waals surface area contributed by atoms with Crippen LogP contribution in [0.25, 0.3) is 10.8 Å². The highest BCUT2D eigenvalue weighted by Crippen LogP contribution is 2.47. The Balaban J connectivity index is 1.24. The van der Waals surface area contributed by atoms with E-state index in [2.05, 4.69) is 20.3 Å². The molecule has 1 saturated heterocycles. The molecule has 3 N–H and O–H groups in total. The summed E-state index contributed by atoms with van der Waals surface area (Å²) in [5.41, 5.74) is -3.82. The highest BCUT2D eigenvalue weighted by Gasteiger charge is 2.62. The van der Waals surface area contributed by atoms with Gasteiger partial charge in [-0.2, -0.15) is 0 Å². The predicted octanol–water partition coefficient (Wildman–Crippen LogP) is 4.77.